The third-order valence-corrected chi connectivity index (χ3v) is 3.54. The number of hydrogen-bond acceptors (Lipinski definition) is 4. The molecule has 1 N–H and O–H groups in total. The van der Waals surface area contributed by atoms with Crippen LogP contribution < -0.4 is 4.74 Å². The van der Waals surface area contributed by atoms with E-state index in [4.69, 9.17) is 10.00 Å². The average Bonchev–Trinajstić information content (AvgIpc) is 2.37. The second-order valence-corrected chi connectivity index (χ2v) is 5.27. The Labute approximate surface area is 114 Å². The molecular formula is C15H20N2O2. The molecule has 1 aliphatic heterocycles. The summed E-state index contributed by atoms with van der Waals surface area (Å²) in [5.74, 6) is 0.609. The van der Waals surface area contributed by atoms with Crippen molar-refractivity contribution in [2.75, 3.05) is 20.2 Å². The molecule has 1 aliphatic rings. The van der Waals surface area contributed by atoms with Gasteiger partial charge in [-0.3, -0.25) is 4.90 Å². The Kier molecular flexibility index (Phi) is 4.08. The highest BCUT2D eigenvalue weighted by Gasteiger charge is 2.39. The summed E-state index contributed by atoms with van der Waals surface area (Å²) < 4.78 is 5.13. The highest BCUT2D eigenvalue weighted by molar-refractivity contribution is 5.45. The molecule has 0 aromatic heterocycles. The molecule has 0 amide bonds. The van der Waals surface area contributed by atoms with E-state index < -0.39 is 5.60 Å². The number of benzene rings is 1. The number of hydrogen-bond donors (Lipinski definition) is 1. The van der Waals surface area contributed by atoms with Gasteiger partial charge >= 0.3 is 0 Å². The number of β-amino-alcohol motifs (C(OH)–C–C–N with tert-alkyl or cyclic N) is 1. The van der Waals surface area contributed by atoms with Crippen molar-refractivity contribution < 1.29 is 9.84 Å². The number of aliphatic hydroxyl groups is 1. The molecule has 0 radical (unpaired) electrons. The maximum absolute atomic E-state index is 10.1. The molecule has 1 heterocycles. The van der Waals surface area contributed by atoms with Crippen LogP contribution >= 0.6 is 0 Å². The SMILES string of the molecule is CCCC1(O)CN(Cc2ccc(OC)c(C#N)c2)C1. The smallest absolute Gasteiger partial charge is 0.136 e. The third kappa shape index (κ3) is 3.06. The Balaban J connectivity index is 1.97. The highest BCUT2D eigenvalue weighted by atomic mass is 16.5. The minimum Gasteiger partial charge on any atom is -0.495 e. The van der Waals surface area contributed by atoms with Gasteiger partial charge < -0.3 is 9.84 Å². The molecule has 0 spiro atoms. The lowest BCUT2D eigenvalue weighted by molar-refractivity contribution is -0.106. The highest BCUT2D eigenvalue weighted by Crippen LogP contribution is 2.28. The summed E-state index contributed by atoms with van der Waals surface area (Å²) >= 11 is 0. The van der Waals surface area contributed by atoms with Gasteiger partial charge in [-0.15, -0.1) is 0 Å². The van der Waals surface area contributed by atoms with Crippen LogP contribution in [0.5, 0.6) is 5.75 Å². The molecule has 1 saturated heterocycles. The zero-order valence-electron chi connectivity index (χ0n) is 11.5. The Hall–Kier alpha value is -1.57. The van der Waals surface area contributed by atoms with E-state index in [-0.39, 0.29) is 0 Å². The zero-order valence-corrected chi connectivity index (χ0v) is 11.5. The van der Waals surface area contributed by atoms with E-state index in [1.54, 1.807) is 7.11 Å². The summed E-state index contributed by atoms with van der Waals surface area (Å²) in [7, 11) is 1.57. The molecule has 102 valence electrons. The Morgan fingerprint density at radius 2 is 2.21 bits per heavy atom. The van der Waals surface area contributed by atoms with Gasteiger partial charge in [-0.05, 0) is 24.1 Å². The average molecular weight is 260 g/mol. The van der Waals surface area contributed by atoms with Crippen molar-refractivity contribution in [1.29, 1.82) is 5.26 Å². The first-order chi connectivity index (χ1) is 9.10. The summed E-state index contributed by atoms with van der Waals surface area (Å²) in [4.78, 5) is 2.19. The van der Waals surface area contributed by atoms with E-state index in [9.17, 15) is 5.11 Å². The molecule has 0 saturated carbocycles. The van der Waals surface area contributed by atoms with Gasteiger partial charge in [0.2, 0.25) is 0 Å². The second-order valence-electron chi connectivity index (χ2n) is 5.27. The first-order valence-corrected chi connectivity index (χ1v) is 6.62. The van der Waals surface area contributed by atoms with E-state index in [2.05, 4.69) is 17.9 Å². The van der Waals surface area contributed by atoms with Gasteiger partial charge in [0.1, 0.15) is 11.8 Å². The predicted octanol–water partition coefficient (Wildman–Crippen LogP) is 1.91. The van der Waals surface area contributed by atoms with Crippen molar-refractivity contribution in [2.45, 2.75) is 31.9 Å². The fourth-order valence-electron chi connectivity index (χ4n) is 2.72. The van der Waals surface area contributed by atoms with Gasteiger partial charge in [-0.2, -0.15) is 5.26 Å². The van der Waals surface area contributed by atoms with E-state index in [1.807, 2.05) is 18.2 Å². The molecule has 0 aliphatic carbocycles. The normalized spacial score (nSPS) is 17.6. The largest absolute Gasteiger partial charge is 0.495 e. The monoisotopic (exact) mass is 260 g/mol. The molecule has 0 atom stereocenters. The number of nitriles is 1. The summed E-state index contributed by atoms with van der Waals surface area (Å²) in [5, 5.41) is 19.2. The lowest BCUT2D eigenvalue weighted by Crippen LogP contribution is -2.60. The zero-order chi connectivity index (χ0) is 13.9. The minimum absolute atomic E-state index is 0.501. The van der Waals surface area contributed by atoms with Crippen molar-refractivity contribution in [1.82, 2.24) is 4.90 Å². The van der Waals surface area contributed by atoms with Gasteiger partial charge in [0.15, 0.2) is 0 Å². The van der Waals surface area contributed by atoms with E-state index >= 15 is 0 Å². The molecule has 19 heavy (non-hydrogen) atoms. The molecule has 4 heteroatoms. The van der Waals surface area contributed by atoms with Crippen LogP contribution in [0.25, 0.3) is 0 Å². The fourth-order valence-corrected chi connectivity index (χ4v) is 2.72. The number of ether oxygens (including phenoxy) is 1. The summed E-state index contributed by atoms with van der Waals surface area (Å²) in [6, 6.07) is 7.79. The third-order valence-electron chi connectivity index (χ3n) is 3.54. The number of rotatable bonds is 5. The Morgan fingerprint density at radius 3 is 2.79 bits per heavy atom. The van der Waals surface area contributed by atoms with E-state index in [0.29, 0.717) is 11.3 Å². The quantitative estimate of drug-likeness (QED) is 0.878. The molecule has 1 aromatic rings. The molecule has 4 nitrogen and oxygen atoms in total. The molecule has 0 unspecified atom stereocenters. The minimum atomic E-state index is -0.501. The number of nitrogens with zero attached hydrogens (tertiary/aromatic N) is 2. The first kappa shape index (κ1) is 13.9. The van der Waals surface area contributed by atoms with Crippen LogP contribution in [0.2, 0.25) is 0 Å². The first-order valence-electron chi connectivity index (χ1n) is 6.62. The summed E-state index contributed by atoms with van der Waals surface area (Å²) in [5.41, 5.74) is 1.14. The second kappa shape index (κ2) is 5.60. The van der Waals surface area contributed by atoms with Crippen LogP contribution in [-0.2, 0) is 6.54 Å². The molecule has 1 aromatic carbocycles. The topological polar surface area (TPSA) is 56.5 Å². The maximum atomic E-state index is 10.1. The molecule has 1 fully saturated rings. The van der Waals surface area contributed by atoms with Crippen LogP contribution in [0.3, 0.4) is 0 Å². The van der Waals surface area contributed by atoms with Crippen LogP contribution in [0.1, 0.15) is 30.9 Å². The van der Waals surface area contributed by atoms with E-state index in [0.717, 1.165) is 38.0 Å². The van der Waals surface area contributed by atoms with Gasteiger partial charge in [0.05, 0.1) is 18.3 Å². The maximum Gasteiger partial charge on any atom is 0.136 e. The van der Waals surface area contributed by atoms with Gasteiger partial charge in [0, 0.05) is 19.6 Å². The summed E-state index contributed by atoms with van der Waals surface area (Å²) in [6.45, 7) is 4.29. The van der Waals surface area contributed by atoms with Crippen LogP contribution in [0, 0.1) is 11.3 Å². The fraction of sp³-hybridized carbons (Fsp3) is 0.533. The number of methoxy groups -OCH3 is 1. The Bertz CT molecular complexity index is 487. The molecular weight excluding hydrogens is 240 g/mol. The summed E-state index contributed by atoms with van der Waals surface area (Å²) in [6.07, 6.45) is 1.86. The molecule has 0 bridgehead atoms. The lowest BCUT2D eigenvalue weighted by atomic mass is 9.89. The van der Waals surface area contributed by atoms with E-state index in [1.165, 1.54) is 0 Å². The van der Waals surface area contributed by atoms with Crippen molar-refractivity contribution >= 4 is 0 Å². The van der Waals surface area contributed by atoms with Gasteiger partial charge in [0.25, 0.3) is 0 Å². The van der Waals surface area contributed by atoms with Gasteiger partial charge in [-0.1, -0.05) is 19.4 Å². The van der Waals surface area contributed by atoms with Gasteiger partial charge in [-0.25, -0.2) is 0 Å². The van der Waals surface area contributed by atoms with Crippen LogP contribution in [0.15, 0.2) is 18.2 Å². The van der Waals surface area contributed by atoms with Crippen molar-refractivity contribution in [3.63, 3.8) is 0 Å². The standard InChI is InChI=1S/C15H20N2O2/c1-3-6-15(18)10-17(11-15)9-12-4-5-14(19-2)13(7-12)8-16/h4-5,7,18H,3,6,9-11H2,1-2H3. The Morgan fingerprint density at radius 1 is 1.47 bits per heavy atom. The van der Waals surface area contributed by atoms with Crippen molar-refractivity contribution in [3.05, 3.63) is 29.3 Å². The van der Waals surface area contributed by atoms with Crippen LogP contribution in [0.4, 0.5) is 0 Å². The lowest BCUT2D eigenvalue weighted by Gasteiger charge is -2.46. The predicted molar refractivity (Wildman–Crippen MR) is 72.8 cm³/mol. The van der Waals surface area contributed by atoms with Crippen LogP contribution in [-0.4, -0.2) is 35.8 Å². The van der Waals surface area contributed by atoms with Crippen molar-refractivity contribution in [2.24, 2.45) is 0 Å². The number of likely N-dealkylation sites (tertiary alicyclic amines) is 1. The molecule has 2 rings (SSSR count). The van der Waals surface area contributed by atoms with Crippen molar-refractivity contribution in [3.8, 4) is 11.8 Å².